The summed E-state index contributed by atoms with van der Waals surface area (Å²) in [5, 5.41) is 17.1. The first-order valence-corrected chi connectivity index (χ1v) is 16.2. The van der Waals surface area contributed by atoms with E-state index in [1.54, 1.807) is 0 Å². The molecule has 36 heavy (non-hydrogen) atoms. The molecule has 0 saturated heterocycles. The Morgan fingerprint density at radius 3 is 0.750 bits per heavy atom. The minimum absolute atomic E-state index is 0.151. The van der Waals surface area contributed by atoms with Gasteiger partial charge in [-0.15, -0.1) is 0 Å². The predicted octanol–water partition coefficient (Wildman–Crippen LogP) is 9.39. The van der Waals surface area contributed by atoms with Gasteiger partial charge in [-0.1, -0.05) is 155 Å². The molecule has 0 atom stereocenters. The van der Waals surface area contributed by atoms with Crippen LogP contribution in [0.1, 0.15) is 168 Å². The van der Waals surface area contributed by atoms with Gasteiger partial charge in [0.15, 0.2) is 0 Å². The average Bonchev–Trinajstić information content (AvgIpc) is 2.89. The maximum absolute atomic E-state index is 8.53. The average molecular weight is 517 g/mol. The lowest BCUT2D eigenvalue weighted by Crippen LogP contribution is -2.00. The highest BCUT2D eigenvalue weighted by molar-refractivity contribution is 4.49. The Labute approximate surface area is 227 Å². The van der Waals surface area contributed by atoms with Crippen molar-refractivity contribution in [2.75, 3.05) is 39.6 Å². The Morgan fingerprint density at radius 1 is 0.306 bits per heavy atom. The monoisotopic (exact) mass is 517 g/mol. The van der Waals surface area contributed by atoms with E-state index in [0.29, 0.717) is 13.2 Å². The Kier molecular flexibility index (Phi) is 41.5. The molecule has 0 bridgehead atoms. The molecule has 0 fully saturated rings. The summed E-state index contributed by atoms with van der Waals surface area (Å²) in [7, 11) is 0. The van der Waals surface area contributed by atoms with Crippen LogP contribution in [0.2, 0.25) is 0 Å². The number of unbranched alkanes of at least 4 members (excludes halogenated alkanes) is 22. The fraction of sp³-hybridized carbons (Fsp3) is 1.00. The van der Waals surface area contributed by atoms with Crippen molar-refractivity contribution < 1.29 is 19.7 Å². The molecule has 0 amide bonds. The predicted molar refractivity (Wildman–Crippen MR) is 158 cm³/mol. The number of ether oxygens (including phenoxy) is 2. The third kappa shape index (κ3) is 41.0. The van der Waals surface area contributed by atoms with Gasteiger partial charge in [0.25, 0.3) is 0 Å². The number of aliphatic hydroxyl groups excluding tert-OH is 2. The van der Waals surface area contributed by atoms with Gasteiger partial charge in [0, 0.05) is 13.2 Å². The first kappa shape index (κ1) is 38.0. The van der Waals surface area contributed by atoms with Crippen LogP contribution in [-0.4, -0.2) is 49.9 Å². The van der Waals surface area contributed by atoms with Crippen molar-refractivity contribution in [3.63, 3.8) is 0 Å². The third-order valence-corrected chi connectivity index (χ3v) is 6.76. The quantitative estimate of drug-likeness (QED) is 0.0933. The molecule has 220 valence electrons. The van der Waals surface area contributed by atoms with Gasteiger partial charge >= 0.3 is 0 Å². The molecule has 0 heterocycles. The molecular formula is C32H68O4. The second kappa shape index (κ2) is 39.4. The fourth-order valence-corrected chi connectivity index (χ4v) is 4.42. The first-order chi connectivity index (χ1) is 17.8. The fourth-order valence-electron chi connectivity index (χ4n) is 4.42. The van der Waals surface area contributed by atoms with Gasteiger partial charge in [0.05, 0.1) is 26.4 Å². The van der Waals surface area contributed by atoms with E-state index < -0.39 is 0 Å². The molecule has 0 rings (SSSR count). The molecule has 0 unspecified atom stereocenters. The van der Waals surface area contributed by atoms with Crippen LogP contribution < -0.4 is 0 Å². The topological polar surface area (TPSA) is 58.9 Å². The third-order valence-electron chi connectivity index (χ3n) is 6.76. The van der Waals surface area contributed by atoms with Crippen molar-refractivity contribution in [3.8, 4) is 0 Å². The van der Waals surface area contributed by atoms with E-state index in [1.165, 1.54) is 141 Å². The van der Waals surface area contributed by atoms with Crippen LogP contribution in [0.15, 0.2) is 0 Å². The van der Waals surface area contributed by atoms with E-state index >= 15 is 0 Å². The molecular weight excluding hydrogens is 448 g/mol. The van der Waals surface area contributed by atoms with Crippen LogP contribution in [0, 0.1) is 0 Å². The smallest absolute Gasteiger partial charge is 0.0697 e. The zero-order valence-corrected chi connectivity index (χ0v) is 24.9. The number of hydrogen-bond donors (Lipinski definition) is 2. The van der Waals surface area contributed by atoms with Crippen molar-refractivity contribution in [2.45, 2.75) is 168 Å². The molecule has 0 radical (unpaired) electrons. The largest absolute Gasteiger partial charge is 0.394 e. The van der Waals surface area contributed by atoms with Crippen LogP contribution in [0.3, 0.4) is 0 Å². The second-order valence-corrected chi connectivity index (χ2v) is 10.5. The summed E-state index contributed by atoms with van der Waals surface area (Å²) < 4.78 is 10.4. The van der Waals surface area contributed by atoms with E-state index in [2.05, 4.69) is 13.8 Å². The molecule has 2 N–H and O–H groups in total. The highest BCUT2D eigenvalue weighted by atomic mass is 16.5. The van der Waals surface area contributed by atoms with Crippen molar-refractivity contribution in [3.05, 3.63) is 0 Å². The number of aliphatic hydroxyl groups is 2. The van der Waals surface area contributed by atoms with E-state index in [0.717, 1.165) is 26.1 Å². The zero-order valence-electron chi connectivity index (χ0n) is 24.9. The summed E-state index contributed by atoms with van der Waals surface area (Å²) in [5.74, 6) is 0. The van der Waals surface area contributed by atoms with Crippen LogP contribution in [-0.2, 0) is 9.47 Å². The molecule has 0 aromatic carbocycles. The molecule has 0 aliphatic carbocycles. The molecule has 0 spiro atoms. The van der Waals surface area contributed by atoms with Gasteiger partial charge in [0.2, 0.25) is 0 Å². The Balaban J connectivity index is 0. The summed E-state index contributed by atoms with van der Waals surface area (Å²) in [6.07, 6.45) is 33.0. The Bertz CT molecular complexity index is 274. The summed E-state index contributed by atoms with van der Waals surface area (Å²) in [4.78, 5) is 0. The SMILES string of the molecule is CCCCCCCCCCCCCCOCCO.CCCCCCCCCCCCCCOCCO. The minimum Gasteiger partial charge on any atom is -0.394 e. The van der Waals surface area contributed by atoms with Gasteiger partial charge < -0.3 is 19.7 Å². The van der Waals surface area contributed by atoms with Crippen molar-refractivity contribution in [2.24, 2.45) is 0 Å². The number of rotatable bonds is 30. The normalized spacial score (nSPS) is 11.0. The maximum atomic E-state index is 8.53. The highest BCUT2D eigenvalue weighted by Crippen LogP contribution is 2.13. The summed E-state index contributed by atoms with van der Waals surface area (Å²) in [6.45, 7) is 7.48. The van der Waals surface area contributed by atoms with E-state index in [1.807, 2.05) is 0 Å². The summed E-state index contributed by atoms with van der Waals surface area (Å²) in [5.41, 5.74) is 0. The van der Waals surface area contributed by atoms with Crippen molar-refractivity contribution in [1.82, 2.24) is 0 Å². The van der Waals surface area contributed by atoms with Gasteiger partial charge in [-0.2, -0.15) is 0 Å². The Hall–Kier alpha value is -0.160. The van der Waals surface area contributed by atoms with Gasteiger partial charge in [-0.25, -0.2) is 0 Å². The maximum Gasteiger partial charge on any atom is 0.0697 e. The first-order valence-electron chi connectivity index (χ1n) is 16.2. The van der Waals surface area contributed by atoms with E-state index in [-0.39, 0.29) is 13.2 Å². The van der Waals surface area contributed by atoms with Crippen molar-refractivity contribution in [1.29, 1.82) is 0 Å². The molecule has 0 saturated carbocycles. The summed E-state index contributed by atoms with van der Waals surface area (Å²) in [6, 6.07) is 0. The molecule has 0 aromatic rings. The zero-order chi connectivity index (χ0) is 26.6. The molecule has 0 aliphatic heterocycles. The molecule has 4 heteroatoms. The van der Waals surface area contributed by atoms with Gasteiger partial charge in [0.1, 0.15) is 0 Å². The van der Waals surface area contributed by atoms with Crippen LogP contribution in [0.4, 0.5) is 0 Å². The molecule has 0 aliphatic rings. The Morgan fingerprint density at radius 2 is 0.528 bits per heavy atom. The standard InChI is InChI=1S/2C16H34O2/c2*1-2-3-4-5-6-7-8-9-10-11-12-13-15-18-16-14-17/h2*17H,2-16H2,1H3. The van der Waals surface area contributed by atoms with Crippen LogP contribution >= 0.6 is 0 Å². The second-order valence-electron chi connectivity index (χ2n) is 10.5. The molecule has 0 aromatic heterocycles. The minimum atomic E-state index is 0.151. The van der Waals surface area contributed by atoms with E-state index in [9.17, 15) is 0 Å². The number of hydrogen-bond acceptors (Lipinski definition) is 4. The van der Waals surface area contributed by atoms with Crippen LogP contribution in [0.5, 0.6) is 0 Å². The highest BCUT2D eigenvalue weighted by Gasteiger charge is 1.95. The summed E-state index contributed by atoms with van der Waals surface area (Å²) >= 11 is 0. The van der Waals surface area contributed by atoms with Crippen LogP contribution in [0.25, 0.3) is 0 Å². The molecule has 4 nitrogen and oxygen atoms in total. The lowest BCUT2D eigenvalue weighted by molar-refractivity contribution is 0.0895. The van der Waals surface area contributed by atoms with Gasteiger partial charge in [-0.05, 0) is 12.8 Å². The lowest BCUT2D eigenvalue weighted by Gasteiger charge is -2.03. The van der Waals surface area contributed by atoms with Crippen molar-refractivity contribution >= 4 is 0 Å². The van der Waals surface area contributed by atoms with E-state index in [4.69, 9.17) is 19.7 Å². The van der Waals surface area contributed by atoms with Gasteiger partial charge in [-0.3, -0.25) is 0 Å². The lowest BCUT2D eigenvalue weighted by atomic mass is 10.1.